The Morgan fingerprint density at radius 1 is 0.540 bits per heavy atom. The van der Waals surface area contributed by atoms with Gasteiger partial charge in [0.25, 0.3) is 0 Å². The van der Waals surface area contributed by atoms with Gasteiger partial charge in [0.1, 0.15) is 12.5 Å². The first-order valence-corrected chi connectivity index (χ1v) is 20.6. The number of hydrogen-bond donors (Lipinski definition) is 0. The van der Waals surface area contributed by atoms with Crippen LogP contribution in [0.2, 0.25) is 0 Å². The monoisotopic (exact) mass is 829 g/mol. The predicted octanol–water partition coefficient (Wildman–Crippen LogP) is 15.3. The van der Waals surface area contributed by atoms with Gasteiger partial charge in [0, 0.05) is 33.8 Å². The quantitative estimate of drug-likeness (QED) is 0.152. The van der Waals surface area contributed by atoms with Gasteiger partial charge in [0.05, 0.1) is 51.4 Å². The Kier molecular flexibility index (Phi) is 5.98. The molecule has 2 aromatic heterocycles. The fourth-order valence-electron chi connectivity index (χ4n) is 8.48. The fraction of sp³-hybridized carbons (Fsp3) is 0.102. The molecule has 3 heterocycles. The van der Waals surface area contributed by atoms with Crippen LogP contribution in [0.25, 0.3) is 61.0 Å². The average Bonchev–Trinajstić information content (AvgIpc) is 4.05. The van der Waals surface area contributed by atoms with E-state index in [9.17, 15) is 8.22 Å². The lowest BCUT2D eigenvalue weighted by Crippen LogP contribution is -2.25. The van der Waals surface area contributed by atoms with Crippen molar-refractivity contribution < 1.29 is 23.3 Å². The Morgan fingerprint density at radius 2 is 1.14 bits per heavy atom. The molecule has 0 amide bonds. The van der Waals surface area contributed by atoms with Crippen molar-refractivity contribution >= 4 is 44.6 Å². The molecule has 1 aliphatic rings. The van der Waals surface area contributed by atoms with Gasteiger partial charge in [-0.25, -0.2) is 4.98 Å². The van der Waals surface area contributed by atoms with Gasteiger partial charge in [-0.15, -0.1) is 0 Å². The zero-order valence-electron chi connectivity index (χ0n) is 51.6. The smallest absolute Gasteiger partial charge is 0.137 e. The van der Waals surface area contributed by atoms with Crippen molar-refractivity contribution in [2.75, 3.05) is 16.5 Å². The molecule has 0 aliphatic carbocycles. The highest BCUT2D eigenvalue weighted by Crippen LogP contribution is 2.51. The molecule has 0 saturated heterocycles. The number of nitrogens with zero attached hydrogens (tertiary/aromatic N) is 4. The van der Waals surface area contributed by atoms with Crippen LogP contribution in [0.5, 0.6) is 0 Å². The third kappa shape index (κ3) is 7.04. The Bertz CT molecular complexity index is 4120. The van der Waals surface area contributed by atoms with E-state index in [1.807, 2.05) is 59.6 Å². The van der Waals surface area contributed by atoms with Gasteiger partial charge in [-0.2, -0.15) is 0 Å². The third-order valence-electron chi connectivity index (χ3n) is 11.4. The molecule has 0 radical (unpaired) electrons. The molecule has 4 heteroatoms. The molecule has 0 bridgehead atoms. The van der Waals surface area contributed by atoms with Crippen molar-refractivity contribution in [1.82, 2.24) is 9.55 Å². The summed E-state index contributed by atoms with van der Waals surface area (Å²) < 4.78 is 156. The Morgan fingerprint density at radius 3 is 1.83 bits per heavy atom. The van der Waals surface area contributed by atoms with Crippen LogP contribution in [-0.2, 0) is 11.8 Å². The summed E-state index contributed by atoms with van der Waals surface area (Å²) in [5.74, 6) is 0.795. The predicted molar refractivity (Wildman–Crippen MR) is 265 cm³/mol. The summed E-state index contributed by atoms with van der Waals surface area (Å²) in [6, 6.07) is 20.0. The molecular weight excluding hydrogens is 765 g/mol. The molecule has 0 saturated carbocycles. The maximum atomic E-state index is 10.1. The van der Waals surface area contributed by atoms with Crippen LogP contribution in [0.3, 0.4) is 0 Å². The lowest BCUT2D eigenvalue weighted by Gasteiger charge is -2.28. The SMILES string of the molecule is [2H]c1c([2H])c([2H])c(-c2c([2H])c(-c3c([2H])c([2H])c([2H])c([2H])c3[2H])c(N3CN(c4cccc(Cc5ccc6c7ccccc7n(-c7cc(C(C)(C)C)ccn7)c6c5)c4)c4ccccc43)c(-c3c([2H])c([2H])c([2H])c([2H])c3[2H])c2[2H])c([2H])c1[2H]. The summed E-state index contributed by atoms with van der Waals surface area (Å²) in [7, 11) is 0. The lowest BCUT2D eigenvalue weighted by molar-refractivity contribution is 0.588. The van der Waals surface area contributed by atoms with Gasteiger partial charge >= 0.3 is 0 Å². The van der Waals surface area contributed by atoms with Crippen molar-refractivity contribution in [3.8, 4) is 39.2 Å². The van der Waals surface area contributed by atoms with Gasteiger partial charge < -0.3 is 9.80 Å². The van der Waals surface area contributed by atoms with Crippen LogP contribution in [0.1, 0.15) is 60.8 Å². The summed E-state index contributed by atoms with van der Waals surface area (Å²) in [5, 5.41) is 2.15. The number of fused-ring (bicyclic) bond motifs is 4. The van der Waals surface area contributed by atoms with Crippen LogP contribution < -0.4 is 9.80 Å². The topological polar surface area (TPSA) is 24.3 Å². The standard InChI is InChI=1S/C59H48N4/c1-59(2,3)47-32-33-60-57(39-47)63-53-27-14-13-26-49(53)50-31-30-42(36-56(50)63)34-41-18-17-25-48(35-41)61-40-62(55-29-16-15-28-54(55)61)58-51(44-21-9-5-10-22-44)37-46(43-19-7-4-8-20-43)38-52(58)45-23-11-6-12-24-45/h4-33,35-39H,34,40H2,1-3H3/i4D,5D,6D,7D,8D,9D,10D,11D,12D,19D,20D,21D,22D,23D,24D,37D,38D. The zero-order chi connectivity index (χ0) is 57.3. The van der Waals surface area contributed by atoms with E-state index in [0.29, 0.717) is 23.5 Å². The maximum absolute atomic E-state index is 10.1. The molecule has 8 aromatic carbocycles. The molecule has 0 fully saturated rings. The summed E-state index contributed by atoms with van der Waals surface area (Å²) in [6.07, 6.45) is 2.33. The van der Waals surface area contributed by atoms with E-state index in [0.717, 1.165) is 44.3 Å². The van der Waals surface area contributed by atoms with Crippen LogP contribution in [0.4, 0.5) is 22.7 Å². The van der Waals surface area contributed by atoms with Crippen molar-refractivity contribution in [2.45, 2.75) is 32.6 Å². The molecule has 1 aliphatic heterocycles. The minimum atomic E-state index is -0.840. The third-order valence-corrected chi connectivity index (χ3v) is 11.4. The first kappa shape index (κ1) is 24.1. The van der Waals surface area contributed by atoms with Crippen molar-refractivity contribution in [2.24, 2.45) is 0 Å². The van der Waals surface area contributed by atoms with Gasteiger partial charge in [0.2, 0.25) is 0 Å². The normalized spacial score (nSPS) is 16.4. The molecule has 11 rings (SSSR count). The first-order chi connectivity index (χ1) is 37.9. The van der Waals surface area contributed by atoms with Crippen LogP contribution in [-0.4, -0.2) is 16.2 Å². The number of anilines is 4. The molecule has 63 heavy (non-hydrogen) atoms. The minimum Gasteiger partial charge on any atom is -0.321 e. The second-order valence-corrected chi connectivity index (χ2v) is 16.4. The fourth-order valence-corrected chi connectivity index (χ4v) is 8.48. The molecule has 0 spiro atoms. The Hall–Kier alpha value is -7.69. The van der Waals surface area contributed by atoms with E-state index in [4.69, 9.17) is 20.1 Å². The zero-order valence-corrected chi connectivity index (χ0v) is 34.6. The Balaban J connectivity index is 1.13. The molecule has 304 valence electrons. The van der Waals surface area contributed by atoms with Crippen LogP contribution in [0.15, 0.2) is 212 Å². The first-order valence-electron chi connectivity index (χ1n) is 29.1. The van der Waals surface area contributed by atoms with Crippen molar-refractivity contribution in [1.29, 1.82) is 0 Å². The minimum absolute atomic E-state index is 0.115. The summed E-state index contributed by atoms with van der Waals surface area (Å²) in [5.41, 5.74) is 2.83. The number of hydrogen-bond acceptors (Lipinski definition) is 3. The van der Waals surface area contributed by atoms with Crippen LogP contribution in [0, 0.1) is 0 Å². The van der Waals surface area contributed by atoms with Gasteiger partial charge in [-0.3, -0.25) is 4.57 Å². The molecule has 0 unspecified atom stereocenters. The summed E-state index contributed by atoms with van der Waals surface area (Å²) in [4.78, 5) is 8.36. The van der Waals surface area contributed by atoms with Gasteiger partial charge in [-0.1, -0.05) is 166 Å². The summed E-state index contributed by atoms with van der Waals surface area (Å²) in [6.45, 7) is 6.32. The second-order valence-electron chi connectivity index (χ2n) is 16.4. The summed E-state index contributed by atoms with van der Waals surface area (Å²) >= 11 is 0. The molecular formula is C59H48N4. The van der Waals surface area contributed by atoms with E-state index in [2.05, 4.69) is 61.7 Å². The van der Waals surface area contributed by atoms with E-state index in [1.54, 1.807) is 23.1 Å². The van der Waals surface area contributed by atoms with E-state index < -0.39 is 136 Å². The van der Waals surface area contributed by atoms with E-state index >= 15 is 0 Å². The molecule has 0 N–H and O–H groups in total. The highest BCUT2D eigenvalue weighted by atomic mass is 15.4. The number of benzene rings is 8. The maximum Gasteiger partial charge on any atom is 0.137 e. The number of pyridine rings is 1. The number of aromatic nitrogens is 2. The molecule has 4 nitrogen and oxygen atoms in total. The molecule has 10 aromatic rings. The second kappa shape index (κ2) is 15.6. The van der Waals surface area contributed by atoms with Crippen molar-refractivity contribution in [3.05, 3.63) is 229 Å². The number of rotatable bonds is 8. The Labute approximate surface area is 393 Å². The lowest BCUT2D eigenvalue weighted by atomic mass is 9.88. The van der Waals surface area contributed by atoms with Crippen molar-refractivity contribution in [3.63, 3.8) is 0 Å². The van der Waals surface area contributed by atoms with Gasteiger partial charge in [-0.05, 0) is 111 Å². The molecule has 0 atom stereocenters. The van der Waals surface area contributed by atoms with Crippen LogP contribution >= 0.6 is 0 Å². The highest BCUT2D eigenvalue weighted by molar-refractivity contribution is 6.09. The average molecular weight is 830 g/mol. The van der Waals surface area contributed by atoms with Gasteiger partial charge in [0.15, 0.2) is 0 Å². The van der Waals surface area contributed by atoms with E-state index in [-0.39, 0.29) is 17.8 Å². The number of para-hydroxylation sites is 3. The largest absolute Gasteiger partial charge is 0.321 e. The highest BCUT2D eigenvalue weighted by Gasteiger charge is 2.32. The van der Waals surface area contributed by atoms with E-state index in [1.165, 1.54) is 0 Å².